The first kappa shape index (κ1) is 24.8. The molecule has 176 valence electrons. The van der Waals surface area contributed by atoms with Crippen LogP contribution < -0.4 is 9.47 Å². The van der Waals surface area contributed by atoms with E-state index in [0.29, 0.717) is 33.7 Å². The number of likely N-dealkylation sites (tertiary alicyclic amines) is 1. The van der Waals surface area contributed by atoms with E-state index in [1.54, 1.807) is 18.2 Å². The molecule has 1 N–H and O–H groups in total. The number of Topliss-reactive ketones (excluding diaryl/α,β-unsaturated/α-hetero) is 1. The molecule has 1 aliphatic heterocycles. The molecule has 3 rings (SSSR count). The van der Waals surface area contributed by atoms with Gasteiger partial charge < -0.3 is 24.2 Å². The summed E-state index contributed by atoms with van der Waals surface area (Å²) in [5.74, 6) is -0.356. The third-order valence-corrected chi connectivity index (χ3v) is 6.08. The fourth-order valence-corrected chi connectivity index (χ4v) is 4.24. The SMILES string of the molecule is CCCCOc1ccc(C2/C(=C(/O)c3ccc(OC)c(Br)c3)C(=O)C(=O)N2CCOC)cc1. The molecule has 1 amide bonds. The highest BCUT2D eigenvalue weighted by atomic mass is 79.9. The van der Waals surface area contributed by atoms with Gasteiger partial charge in [-0.25, -0.2) is 0 Å². The zero-order chi connectivity index (χ0) is 24.0. The normalized spacial score (nSPS) is 17.5. The van der Waals surface area contributed by atoms with Crippen molar-refractivity contribution >= 4 is 33.4 Å². The number of ketones is 1. The maximum atomic E-state index is 13.0. The molecule has 2 aromatic carbocycles. The number of aliphatic hydroxyl groups excluding tert-OH is 1. The standard InChI is InChI=1S/C25H28BrNO6/c1-4-5-13-33-18-9-6-16(7-10-18)22-21(24(29)25(30)27(22)12-14-31-2)23(28)17-8-11-20(32-3)19(26)15-17/h6-11,15,22,28H,4-5,12-14H2,1-3H3/b23-21-. The molecule has 1 heterocycles. The summed E-state index contributed by atoms with van der Waals surface area (Å²) < 4.78 is 16.7. The number of unbranched alkanes of at least 4 members (excludes halogenated alkanes) is 1. The van der Waals surface area contributed by atoms with Crippen molar-refractivity contribution in [2.45, 2.75) is 25.8 Å². The zero-order valence-electron chi connectivity index (χ0n) is 19.0. The van der Waals surface area contributed by atoms with E-state index in [-0.39, 0.29) is 24.5 Å². The van der Waals surface area contributed by atoms with E-state index in [2.05, 4.69) is 22.9 Å². The first-order valence-electron chi connectivity index (χ1n) is 10.8. The number of nitrogens with zero attached hydrogens (tertiary/aromatic N) is 1. The van der Waals surface area contributed by atoms with E-state index in [0.717, 1.165) is 12.8 Å². The molecular formula is C25H28BrNO6. The largest absolute Gasteiger partial charge is 0.507 e. The van der Waals surface area contributed by atoms with E-state index >= 15 is 0 Å². The highest BCUT2D eigenvalue weighted by molar-refractivity contribution is 9.10. The Bertz CT molecular complexity index is 1030. The number of rotatable bonds is 10. The lowest BCUT2D eigenvalue weighted by Crippen LogP contribution is -2.32. The molecule has 1 saturated heterocycles. The summed E-state index contributed by atoms with van der Waals surface area (Å²) in [6, 6.07) is 11.5. The van der Waals surface area contributed by atoms with Crippen molar-refractivity contribution in [1.82, 2.24) is 4.90 Å². The minimum absolute atomic E-state index is 0.0350. The van der Waals surface area contributed by atoms with Gasteiger partial charge in [-0.1, -0.05) is 25.5 Å². The van der Waals surface area contributed by atoms with E-state index in [9.17, 15) is 14.7 Å². The molecular weight excluding hydrogens is 490 g/mol. The van der Waals surface area contributed by atoms with Crippen molar-refractivity contribution in [2.75, 3.05) is 34.0 Å². The highest BCUT2D eigenvalue weighted by Crippen LogP contribution is 2.40. The summed E-state index contributed by atoms with van der Waals surface area (Å²) in [4.78, 5) is 27.3. The first-order valence-corrected chi connectivity index (χ1v) is 11.6. The van der Waals surface area contributed by atoms with Gasteiger partial charge in [0.05, 0.1) is 36.4 Å². The fourth-order valence-electron chi connectivity index (χ4n) is 3.70. The molecule has 1 unspecified atom stereocenters. The Morgan fingerprint density at radius 1 is 1.09 bits per heavy atom. The Balaban J connectivity index is 2.04. The van der Waals surface area contributed by atoms with E-state index in [1.165, 1.54) is 19.1 Å². The average Bonchev–Trinajstić information content (AvgIpc) is 3.07. The molecule has 0 saturated carbocycles. The Morgan fingerprint density at radius 2 is 1.82 bits per heavy atom. The van der Waals surface area contributed by atoms with Crippen LogP contribution in [0.1, 0.15) is 36.9 Å². The van der Waals surface area contributed by atoms with Gasteiger partial charge in [0.2, 0.25) is 0 Å². The molecule has 0 bridgehead atoms. The van der Waals surface area contributed by atoms with Gasteiger partial charge in [0.25, 0.3) is 11.7 Å². The number of benzene rings is 2. The number of hydrogen-bond acceptors (Lipinski definition) is 6. The Labute approximate surface area is 202 Å². The second kappa shape index (κ2) is 11.3. The van der Waals surface area contributed by atoms with Gasteiger partial charge in [0.1, 0.15) is 17.3 Å². The molecule has 0 radical (unpaired) electrons. The molecule has 8 heteroatoms. The van der Waals surface area contributed by atoms with Crippen LogP contribution >= 0.6 is 15.9 Å². The van der Waals surface area contributed by atoms with Crippen LogP contribution in [0.4, 0.5) is 0 Å². The predicted octanol–water partition coefficient (Wildman–Crippen LogP) is 4.70. The van der Waals surface area contributed by atoms with Gasteiger partial charge in [-0.15, -0.1) is 0 Å². The van der Waals surface area contributed by atoms with Crippen LogP contribution in [0.2, 0.25) is 0 Å². The second-order valence-corrected chi connectivity index (χ2v) is 8.46. The lowest BCUT2D eigenvalue weighted by atomic mass is 9.95. The minimum Gasteiger partial charge on any atom is -0.507 e. The number of carbonyl (C=O) groups excluding carboxylic acids is 2. The summed E-state index contributed by atoms with van der Waals surface area (Å²) >= 11 is 3.40. The van der Waals surface area contributed by atoms with Crippen molar-refractivity contribution in [3.63, 3.8) is 0 Å². The average molecular weight is 518 g/mol. The van der Waals surface area contributed by atoms with Crippen molar-refractivity contribution in [1.29, 1.82) is 0 Å². The quantitative estimate of drug-likeness (QED) is 0.212. The van der Waals surface area contributed by atoms with Gasteiger partial charge in [0.15, 0.2) is 0 Å². The smallest absolute Gasteiger partial charge is 0.295 e. The lowest BCUT2D eigenvalue weighted by Gasteiger charge is -2.25. The minimum atomic E-state index is -0.745. The number of ether oxygens (including phenoxy) is 3. The van der Waals surface area contributed by atoms with Crippen LogP contribution in [0.25, 0.3) is 5.76 Å². The summed E-state index contributed by atoms with van der Waals surface area (Å²) in [6.45, 7) is 3.19. The molecule has 7 nitrogen and oxygen atoms in total. The van der Waals surface area contributed by atoms with Gasteiger partial charge in [-0.05, 0) is 58.2 Å². The van der Waals surface area contributed by atoms with E-state index in [4.69, 9.17) is 14.2 Å². The van der Waals surface area contributed by atoms with Crippen LogP contribution in [-0.4, -0.2) is 55.7 Å². The molecule has 0 aromatic heterocycles. The lowest BCUT2D eigenvalue weighted by molar-refractivity contribution is -0.140. The second-order valence-electron chi connectivity index (χ2n) is 7.61. The van der Waals surface area contributed by atoms with Gasteiger partial charge in [-0.2, -0.15) is 0 Å². The van der Waals surface area contributed by atoms with E-state index < -0.39 is 17.7 Å². The van der Waals surface area contributed by atoms with Crippen LogP contribution in [0.15, 0.2) is 52.5 Å². The highest BCUT2D eigenvalue weighted by Gasteiger charge is 2.45. The maximum absolute atomic E-state index is 13.0. The Morgan fingerprint density at radius 3 is 2.42 bits per heavy atom. The maximum Gasteiger partial charge on any atom is 0.295 e. The van der Waals surface area contributed by atoms with Crippen molar-refractivity contribution in [3.05, 3.63) is 63.6 Å². The number of amides is 1. The fraction of sp³-hybridized carbons (Fsp3) is 0.360. The van der Waals surface area contributed by atoms with E-state index in [1.807, 2.05) is 24.3 Å². The van der Waals surface area contributed by atoms with Crippen molar-refractivity contribution < 1.29 is 28.9 Å². The number of carbonyl (C=O) groups is 2. The third kappa shape index (κ3) is 5.39. The van der Waals surface area contributed by atoms with Crippen LogP contribution in [0, 0.1) is 0 Å². The molecule has 0 aliphatic carbocycles. The summed E-state index contributed by atoms with van der Waals surface area (Å²) in [6.07, 6.45) is 1.99. The van der Waals surface area contributed by atoms with Crippen LogP contribution in [-0.2, 0) is 14.3 Å². The summed E-state index contributed by atoms with van der Waals surface area (Å²) in [5, 5.41) is 11.1. The number of methoxy groups -OCH3 is 2. The zero-order valence-corrected chi connectivity index (χ0v) is 20.6. The summed E-state index contributed by atoms with van der Waals surface area (Å²) in [7, 11) is 3.07. The molecule has 1 aliphatic rings. The Kier molecular flexibility index (Phi) is 8.52. The third-order valence-electron chi connectivity index (χ3n) is 5.46. The van der Waals surface area contributed by atoms with Crippen molar-refractivity contribution in [3.8, 4) is 11.5 Å². The Hall–Kier alpha value is -2.84. The molecule has 33 heavy (non-hydrogen) atoms. The topological polar surface area (TPSA) is 85.3 Å². The van der Waals surface area contributed by atoms with Crippen LogP contribution in [0.5, 0.6) is 11.5 Å². The number of hydrogen-bond donors (Lipinski definition) is 1. The van der Waals surface area contributed by atoms with Gasteiger partial charge in [-0.3, -0.25) is 9.59 Å². The first-order chi connectivity index (χ1) is 15.9. The van der Waals surface area contributed by atoms with Gasteiger partial charge in [0, 0.05) is 19.2 Å². The predicted molar refractivity (Wildman–Crippen MR) is 128 cm³/mol. The van der Waals surface area contributed by atoms with Gasteiger partial charge >= 0.3 is 0 Å². The van der Waals surface area contributed by atoms with Crippen molar-refractivity contribution in [2.24, 2.45) is 0 Å². The monoisotopic (exact) mass is 517 g/mol. The van der Waals surface area contributed by atoms with Crippen LogP contribution in [0.3, 0.4) is 0 Å². The number of aliphatic hydroxyl groups is 1. The molecule has 1 fully saturated rings. The number of halogens is 1. The molecule has 0 spiro atoms. The molecule has 2 aromatic rings. The summed E-state index contributed by atoms with van der Waals surface area (Å²) in [5.41, 5.74) is 1.13. The molecule has 1 atom stereocenters.